The van der Waals surface area contributed by atoms with Crippen LogP contribution in [0.3, 0.4) is 0 Å². The van der Waals surface area contributed by atoms with Crippen LogP contribution in [-0.2, 0) is 9.53 Å². The quantitative estimate of drug-likeness (QED) is 0.408. The van der Waals surface area contributed by atoms with Gasteiger partial charge in [-0.2, -0.15) is 0 Å². The van der Waals surface area contributed by atoms with E-state index in [0.717, 1.165) is 9.65 Å². The van der Waals surface area contributed by atoms with Gasteiger partial charge in [0.25, 0.3) is 0 Å². The van der Waals surface area contributed by atoms with E-state index in [2.05, 4.69) is 27.9 Å². The zero-order valence-corrected chi connectivity index (χ0v) is 16.6. The SMILES string of the molecule is O=C(O)/C=C/C[C@H](OC(=O)Nc1ccc2c(c1)OCO2)c1cc(I)ccc1O. The normalized spacial score (nSPS) is 13.3. The second kappa shape index (κ2) is 8.83. The lowest BCUT2D eigenvalue weighted by Crippen LogP contribution is -2.17. The Morgan fingerprint density at radius 1 is 1.21 bits per heavy atom. The summed E-state index contributed by atoms with van der Waals surface area (Å²) in [5.74, 6) is -0.0752. The van der Waals surface area contributed by atoms with Gasteiger partial charge in [0, 0.05) is 33.4 Å². The summed E-state index contributed by atoms with van der Waals surface area (Å²) >= 11 is 2.07. The van der Waals surface area contributed by atoms with Crippen LogP contribution < -0.4 is 14.8 Å². The van der Waals surface area contributed by atoms with Gasteiger partial charge in [-0.05, 0) is 52.9 Å². The van der Waals surface area contributed by atoms with Crippen molar-refractivity contribution in [2.45, 2.75) is 12.5 Å². The van der Waals surface area contributed by atoms with Crippen molar-refractivity contribution >= 4 is 40.3 Å². The number of hydrogen-bond acceptors (Lipinski definition) is 6. The Labute approximate surface area is 173 Å². The molecule has 1 aliphatic rings. The van der Waals surface area contributed by atoms with Crippen molar-refractivity contribution in [2.75, 3.05) is 12.1 Å². The van der Waals surface area contributed by atoms with Crippen LogP contribution in [0.4, 0.5) is 10.5 Å². The number of carboxylic acids is 1. The van der Waals surface area contributed by atoms with Crippen molar-refractivity contribution in [3.63, 3.8) is 0 Å². The van der Waals surface area contributed by atoms with Crippen LogP contribution in [0, 0.1) is 3.57 Å². The zero-order chi connectivity index (χ0) is 20.1. The Morgan fingerprint density at radius 3 is 2.79 bits per heavy atom. The molecule has 0 saturated heterocycles. The van der Waals surface area contributed by atoms with E-state index in [1.165, 1.54) is 12.1 Å². The minimum absolute atomic E-state index is 0.0509. The first-order chi connectivity index (χ1) is 13.4. The molecule has 0 bridgehead atoms. The number of halogens is 1. The van der Waals surface area contributed by atoms with Crippen LogP contribution in [0.15, 0.2) is 48.6 Å². The highest BCUT2D eigenvalue weighted by Gasteiger charge is 2.21. The number of carbonyl (C=O) groups excluding carboxylic acids is 1. The van der Waals surface area contributed by atoms with E-state index in [9.17, 15) is 14.7 Å². The highest BCUT2D eigenvalue weighted by atomic mass is 127. The van der Waals surface area contributed by atoms with Gasteiger partial charge < -0.3 is 24.4 Å². The molecule has 9 heteroatoms. The minimum atomic E-state index is -1.12. The summed E-state index contributed by atoms with van der Waals surface area (Å²) in [6, 6.07) is 9.77. The molecule has 0 fully saturated rings. The van der Waals surface area contributed by atoms with Crippen molar-refractivity contribution in [3.8, 4) is 17.2 Å². The smallest absolute Gasteiger partial charge is 0.412 e. The summed E-state index contributed by atoms with van der Waals surface area (Å²) in [5, 5.41) is 21.5. The predicted molar refractivity (Wildman–Crippen MR) is 108 cm³/mol. The molecule has 28 heavy (non-hydrogen) atoms. The fraction of sp³-hybridized carbons (Fsp3) is 0.158. The molecule has 1 atom stereocenters. The molecule has 3 N–H and O–H groups in total. The highest BCUT2D eigenvalue weighted by Crippen LogP contribution is 2.35. The molecule has 1 heterocycles. The van der Waals surface area contributed by atoms with Crippen molar-refractivity contribution in [1.29, 1.82) is 0 Å². The van der Waals surface area contributed by atoms with Crippen molar-refractivity contribution in [2.24, 2.45) is 0 Å². The molecule has 146 valence electrons. The van der Waals surface area contributed by atoms with Gasteiger partial charge in [0.1, 0.15) is 11.9 Å². The van der Waals surface area contributed by atoms with E-state index < -0.39 is 18.2 Å². The molecule has 0 aromatic heterocycles. The molecule has 0 unspecified atom stereocenters. The molecule has 0 spiro atoms. The molecular weight excluding hydrogens is 481 g/mol. The third-order valence-corrected chi connectivity index (χ3v) is 4.49. The summed E-state index contributed by atoms with van der Waals surface area (Å²) in [7, 11) is 0. The number of carbonyl (C=O) groups is 2. The predicted octanol–water partition coefficient (Wildman–Crippen LogP) is 4.05. The molecule has 3 rings (SSSR count). The van der Waals surface area contributed by atoms with Crippen LogP contribution in [0.5, 0.6) is 17.2 Å². The highest BCUT2D eigenvalue weighted by molar-refractivity contribution is 14.1. The molecule has 2 aromatic carbocycles. The first-order valence-corrected chi connectivity index (χ1v) is 9.25. The number of benzene rings is 2. The number of rotatable bonds is 6. The van der Waals surface area contributed by atoms with Gasteiger partial charge in [-0.1, -0.05) is 6.08 Å². The second-order valence-corrected chi connectivity index (χ2v) is 7.01. The number of anilines is 1. The summed E-state index contributed by atoms with van der Waals surface area (Å²) in [5.41, 5.74) is 0.823. The number of aliphatic carboxylic acids is 1. The average molecular weight is 497 g/mol. The maximum atomic E-state index is 12.4. The third-order valence-electron chi connectivity index (χ3n) is 3.82. The molecule has 0 radical (unpaired) electrons. The topological polar surface area (TPSA) is 114 Å². The Morgan fingerprint density at radius 2 is 2.00 bits per heavy atom. The van der Waals surface area contributed by atoms with Gasteiger partial charge in [0.15, 0.2) is 11.5 Å². The summed E-state index contributed by atoms with van der Waals surface area (Å²) < 4.78 is 16.8. The molecule has 2 aromatic rings. The fourth-order valence-electron chi connectivity index (χ4n) is 2.57. The van der Waals surface area contributed by atoms with Crippen molar-refractivity contribution < 1.29 is 34.0 Å². The summed E-state index contributed by atoms with van der Waals surface area (Å²) in [6.07, 6.45) is 0.760. The lowest BCUT2D eigenvalue weighted by molar-refractivity contribution is -0.131. The number of nitrogens with one attached hydrogen (secondary N) is 1. The van der Waals surface area contributed by atoms with Gasteiger partial charge in [0.2, 0.25) is 6.79 Å². The number of hydrogen-bond donors (Lipinski definition) is 3. The molecule has 8 nitrogen and oxygen atoms in total. The average Bonchev–Trinajstić information content (AvgIpc) is 3.10. The Balaban J connectivity index is 1.75. The number of amides is 1. The maximum Gasteiger partial charge on any atom is 0.412 e. The van der Waals surface area contributed by atoms with Crippen LogP contribution in [0.2, 0.25) is 0 Å². The standard InChI is InChI=1S/C19H16INO7/c20-11-4-6-14(22)13(8-11)15(2-1-3-18(23)24)28-19(25)21-12-5-7-16-17(9-12)27-10-26-16/h1,3-9,15,22H,2,10H2,(H,21,25)(H,23,24)/b3-1+/t15-/m0/s1. The molecular formula is C19H16INO7. The monoisotopic (exact) mass is 497 g/mol. The number of phenols is 1. The summed E-state index contributed by atoms with van der Waals surface area (Å²) in [6.45, 7) is 0.118. The maximum absolute atomic E-state index is 12.4. The van der Waals surface area contributed by atoms with Gasteiger partial charge >= 0.3 is 12.1 Å². The molecule has 1 amide bonds. The number of fused-ring (bicyclic) bond motifs is 1. The number of ether oxygens (including phenoxy) is 3. The van der Waals surface area contributed by atoms with Crippen molar-refractivity contribution in [3.05, 3.63) is 57.7 Å². The first-order valence-electron chi connectivity index (χ1n) is 8.17. The van der Waals surface area contributed by atoms with Crippen LogP contribution in [0.1, 0.15) is 18.1 Å². The Kier molecular flexibility index (Phi) is 6.24. The van der Waals surface area contributed by atoms with Crippen LogP contribution >= 0.6 is 22.6 Å². The van der Waals surface area contributed by atoms with E-state index in [1.807, 2.05) is 0 Å². The molecule has 1 aliphatic heterocycles. The largest absolute Gasteiger partial charge is 0.508 e. The van der Waals surface area contributed by atoms with Gasteiger partial charge in [0.05, 0.1) is 0 Å². The third kappa shape index (κ3) is 5.06. The van der Waals surface area contributed by atoms with Crippen molar-refractivity contribution in [1.82, 2.24) is 0 Å². The van der Waals surface area contributed by atoms with E-state index in [1.54, 1.807) is 30.3 Å². The lowest BCUT2D eigenvalue weighted by Gasteiger charge is -2.19. The van der Waals surface area contributed by atoms with E-state index >= 15 is 0 Å². The minimum Gasteiger partial charge on any atom is -0.508 e. The van der Waals surface area contributed by atoms with E-state index in [4.69, 9.17) is 19.3 Å². The lowest BCUT2D eigenvalue weighted by atomic mass is 10.1. The van der Waals surface area contributed by atoms with E-state index in [0.29, 0.717) is 22.7 Å². The second-order valence-electron chi connectivity index (χ2n) is 5.77. The zero-order valence-electron chi connectivity index (χ0n) is 14.4. The summed E-state index contributed by atoms with van der Waals surface area (Å²) in [4.78, 5) is 23.1. The van der Waals surface area contributed by atoms with Gasteiger partial charge in [-0.25, -0.2) is 9.59 Å². The first kappa shape index (κ1) is 19.8. The van der Waals surface area contributed by atoms with Gasteiger partial charge in [-0.15, -0.1) is 0 Å². The van der Waals surface area contributed by atoms with Gasteiger partial charge in [-0.3, -0.25) is 5.32 Å². The molecule has 0 saturated carbocycles. The molecule has 0 aliphatic carbocycles. The van der Waals surface area contributed by atoms with E-state index in [-0.39, 0.29) is 19.0 Å². The number of carboxylic acid groups (broad SMARTS) is 1. The number of aromatic hydroxyl groups is 1. The van der Waals surface area contributed by atoms with Crippen LogP contribution in [-0.4, -0.2) is 29.1 Å². The Bertz CT molecular complexity index is 928. The fourth-order valence-corrected chi connectivity index (χ4v) is 3.08. The Hall–Kier alpha value is -2.95. The van der Waals surface area contributed by atoms with Crippen LogP contribution in [0.25, 0.3) is 0 Å². The number of phenolic OH excluding ortho intramolecular Hbond substituents is 1.